The standard InChI is InChI=1S/C24H23ClN2O4S2/c1-15(2)33(29,30)19-8-6-17(7-9-19)13-22(28)27(14-18-5-4-12-31-18)24-26-23-16(3)20(25)10-11-21(23)32-24/h4-12,15H,13-14H2,1-3H3. The minimum absolute atomic E-state index is 0.0956. The number of carbonyl (C=O) groups excluding carboxylic acids is 1. The van der Waals surface area contributed by atoms with E-state index in [0.717, 1.165) is 15.8 Å². The van der Waals surface area contributed by atoms with E-state index in [9.17, 15) is 13.2 Å². The number of aryl methyl sites for hydroxylation is 1. The lowest BCUT2D eigenvalue weighted by Crippen LogP contribution is -2.31. The topological polar surface area (TPSA) is 80.5 Å². The molecule has 0 saturated carbocycles. The molecule has 0 saturated heterocycles. The molecule has 172 valence electrons. The molecule has 4 rings (SSSR count). The Bertz CT molecular complexity index is 1390. The van der Waals surface area contributed by atoms with Gasteiger partial charge in [0.2, 0.25) is 5.91 Å². The first-order chi connectivity index (χ1) is 15.7. The Balaban J connectivity index is 1.64. The van der Waals surface area contributed by atoms with E-state index in [1.807, 2.05) is 19.1 Å². The van der Waals surface area contributed by atoms with Crippen molar-refractivity contribution in [3.05, 3.63) is 76.7 Å². The average molecular weight is 503 g/mol. The van der Waals surface area contributed by atoms with E-state index in [4.69, 9.17) is 21.0 Å². The maximum absolute atomic E-state index is 13.4. The highest BCUT2D eigenvalue weighted by Gasteiger charge is 2.23. The average Bonchev–Trinajstić information content (AvgIpc) is 3.45. The number of benzene rings is 2. The van der Waals surface area contributed by atoms with Crippen LogP contribution in [0.5, 0.6) is 0 Å². The van der Waals surface area contributed by atoms with Crippen molar-refractivity contribution in [2.75, 3.05) is 4.90 Å². The van der Waals surface area contributed by atoms with Gasteiger partial charge in [-0.15, -0.1) is 0 Å². The molecule has 9 heteroatoms. The van der Waals surface area contributed by atoms with Crippen LogP contribution >= 0.6 is 22.9 Å². The van der Waals surface area contributed by atoms with E-state index in [0.29, 0.717) is 21.5 Å². The largest absolute Gasteiger partial charge is 0.467 e. The predicted molar refractivity (Wildman–Crippen MR) is 132 cm³/mol. The fourth-order valence-electron chi connectivity index (χ4n) is 3.36. The normalized spacial score (nSPS) is 11.9. The first kappa shape index (κ1) is 23.5. The maximum Gasteiger partial charge on any atom is 0.233 e. The number of hydrogen-bond donors (Lipinski definition) is 0. The Morgan fingerprint density at radius 2 is 1.88 bits per heavy atom. The van der Waals surface area contributed by atoms with Crippen LogP contribution in [-0.4, -0.2) is 24.6 Å². The van der Waals surface area contributed by atoms with Gasteiger partial charge in [0, 0.05) is 5.02 Å². The predicted octanol–water partition coefficient (Wildman–Crippen LogP) is 5.81. The third kappa shape index (κ3) is 4.83. The molecule has 0 atom stereocenters. The third-order valence-electron chi connectivity index (χ3n) is 5.39. The summed E-state index contributed by atoms with van der Waals surface area (Å²) >= 11 is 7.66. The van der Waals surface area contributed by atoms with Crippen LogP contribution in [0.3, 0.4) is 0 Å². The number of fused-ring (bicyclic) bond motifs is 1. The molecule has 0 N–H and O–H groups in total. The summed E-state index contributed by atoms with van der Waals surface area (Å²) < 4.78 is 31.2. The summed E-state index contributed by atoms with van der Waals surface area (Å²) in [6.07, 6.45) is 1.66. The van der Waals surface area contributed by atoms with Crippen molar-refractivity contribution >= 4 is 54.0 Å². The lowest BCUT2D eigenvalue weighted by Gasteiger charge is -2.19. The SMILES string of the molecule is Cc1c(Cl)ccc2sc(N(Cc3ccco3)C(=O)Cc3ccc(S(=O)(=O)C(C)C)cc3)nc12. The van der Waals surface area contributed by atoms with Crippen LogP contribution in [0.2, 0.25) is 5.02 Å². The Hall–Kier alpha value is -2.68. The van der Waals surface area contributed by atoms with Gasteiger partial charge in [-0.2, -0.15) is 0 Å². The van der Waals surface area contributed by atoms with Crippen LogP contribution in [0.1, 0.15) is 30.7 Å². The zero-order chi connectivity index (χ0) is 23.8. The quantitative estimate of drug-likeness (QED) is 0.318. The molecule has 0 aliphatic heterocycles. The highest BCUT2D eigenvalue weighted by molar-refractivity contribution is 7.92. The first-order valence-electron chi connectivity index (χ1n) is 10.4. The van der Waals surface area contributed by atoms with Gasteiger partial charge in [-0.25, -0.2) is 13.4 Å². The van der Waals surface area contributed by atoms with Crippen molar-refractivity contribution in [3.8, 4) is 0 Å². The molecule has 0 bridgehead atoms. The lowest BCUT2D eigenvalue weighted by molar-refractivity contribution is -0.118. The van der Waals surface area contributed by atoms with Gasteiger partial charge < -0.3 is 4.42 Å². The van der Waals surface area contributed by atoms with Crippen LogP contribution in [-0.2, 0) is 27.6 Å². The number of halogens is 1. The van der Waals surface area contributed by atoms with Crippen molar-refractivity contribution in [2.45, 2.75) is 43.9 Å². The van der Waals surface area contributed by atoms with Crippen molar-refractivity contribution in [1.29, 1.82) is 0 Å². The number of rotatable bonds is 7. The van der Waals surface area contributed by atoms with Crippen molar-refractivity contribution < 1.29 is 17.6 Å². The molecule has 0 aliphatic rings. The number of anilines is 1. The number of nitrogens with zero attached hydrogens (tertiary/aromatic N) is 2. The summed E-state index contributed by atoms with van der Waals surface area (Å²) in [5.41, 5.74) is 2.35. The molecule has 0 unspecified atom stereocenters. The van der Waals surface area contributed by atoms with Crippen LogP contribution in [0, 0.1) is 6.92 Å². The Morgan fingerprint density at radius 3 is 2.52 bits per heavy atom. The second-order valence-electron chi connectivity index (χ2n) is 7.99. The minimum atomic E-state index is -3.37. The Labute approximate surface area is 201 Å². The van der Waals surface area contributed by atoms with Crippen molar-refractivity contribution in [2.24, 2.45) is 0 Å². The van der Waals surface area contributed by atoms with E-state index in [-0.39, 0.29) is 23.8 Å². The molecule has 6 nitrogen and oxygen atoms in total. The smallest absolute Gasteiger partial charge is 0.233 e. The summed E-state index contributed by atoms with van der Waals surface area (Å²) in [5, 5.41) is 0.667. The van der Waals surface area contributed by atoms with Gasteiger partial charge in [-0.05, 0) is 68.3 Å². The zero-order valence-corrected chi connectivity index (χ0v) is 20.8. The molecule has 0 aliphatic carbocycles. The van der Waals surface area contributed by atoms with Gasteiger partial charge in [0.15, 0.2) is 15.0 Å². The second kappa shape index (κ2) is 9.29. The molecule has 2 aromatic heterocycles. The van der Waals surface area contributed by atoms with Gasteiger partial charge in [-0.3, -0.25) is 9.69 Å². The molecular formula is C24H23ClN2O4S2. The number of furan rings is 1. The molecular weight excluding hydrogens is 480 g/mol. The number of aromatic nitrogens is 1. The maximum atomic E-state index is 13.4. The molecule has 2 heterocycles. The van der Waals surface area contributed by atoms with Crippen molar-refractivity contribution in [3.63, 3.8) is 0 Å². The molecule has 0 spiro atoms. The number of thiazole rings is 1. The van der Waals surface area contributed by atoms with E-state index >= 15 is 0 Å². The fraction of sp³-hybridized carbons (Fsp3) is 0.250. The van der Waals surface area contributed by atoms with Crippen LogP contribution < -0.4 is 4.90 Å². The lowest BCUT2D eigenvalue weighted by atomic mass is 10.1. The van der Waals surface area contributed by atoms with Gasteiger partial charge in [0.05, 0.1) is 39.6 Å². The Kier molecular flexibility index (Phi) is 6.61. The zero-order valence-electron chi connectivity index (χ0n) is 18.4. The van der Waals surface area contributed by atoms with Crippen LogP contribution in [0.4, 0.5) is 5.13 Å². The molecule has 0 radical (unpaired) electrons. The van der Waals surface area contributed by atoms with E-state index < -0.39 is 15.1 Å². The molecule has 0 fully saturated rings. The number of carbonyl (C=O) groups is 1. The second-order valence-corrected chi connectivity index (χ2v) is 11.9. The minimum Gasteiger partial charge on any atom is -0.467 e. The molecule has 1 amide bonds. The molecule has 2 aromatic carbocycles. The van der Waals surface area contributed by atoms with Crippen LogP contribution in [0.15, 0.2) is 64.1 Å². The molecule has 4 aromatic rings. The number of hydrogen-bond acceptors (Lipinski definition) is 6. The number of amides is 1. The highest BCUT2D eigenvalue weighted by Crippen LogP contribution is 2.34. The van der Waals surface area contributed by atoms with E-state index in [1.54, 1.807) is 61.4 Å². The van der Waals surface area contributed by atoms with Gasteiger partial charge in [0.1, 0.15) is 5.76 Å². The first-order valence-corrected chi connectivity index (χ1v) is 13.1. The van der Waals surface area contributed by atoms with E-state index in [2.05, 4.69) is 0 Å². The van der Waals surface area contributed by atoms with Crippen LogP contribution in [0.25, 0.3) is 10.2 Å². The van der Waals surface area contributed by atoms with Gasteiger partial charge in [-0.1, -0.05) is 35.1 Å². The van der Waals surface area contributed by atoms with E-state index in [1.165, 1.54) is 11.3 Å². The Morgan fingerprint density at radius 1 is 1.15 bits per heavy atom. The summed E-state index contributed by atoms with van der Waals surface area (Å²) in [6.45, 7) is 5.43. The summed E-state index contributed by atoms with van der Waals surface area (Å²) in [7, 11) is -3.37. The third-order valence-corrected chi connectivity index (χ3v) is 9.01. The molecule has 33 heavy (non-hydrogen) atoms. The fourth-order valence-corrected chi connectivity index (χ4v) is 5.62. The summed E-state index contributed by atoms with van der Waals surface area (Å²) in [6, 6.07) is 13.8. The van der Waals surface area contributed by atoms with Gasteiger partial charge >= 0.3 is 0 Å². The summed E-state index contributed by atoms with van der Waals surface area (Å²) in [4.78, 5) is 19.9. The van der Waals surface area contributed by atoms with Gasteiger partial charge in [0.25, 0.3) is 0 Å². The summed E-state index contributed by atoms with van der Waals surface area (Å²) in [5.74, 6) is 0.462. The highest BCUT2D eigenvalue weighted by atomic mass is 35.5. The van der Waals surface area contributed by atoms with Crippen molar-refractivity contribution in [1.82, 2.24) is 4.98 Å². The number of sulfone groups is 1. The monoisotopic (exact) mass is 502 g/mol.